The monoisotopic (exact) mass is 421 g/mol. The van der Waals surface area contributed by atoms with Crippen molar-refractivity contribution in [1.29, 1.82) is 0 Å². The van der Waals surface area contributed by atoms with Gasteiger partial charge in [-0.3, -0.25) is 19.7 Å². The van der Waals surface area contributed by atoms with E-state index in [9.17, 15) is 19.7 Å². The number of amides is 2. The summed E-state index contributed by atoms with van der Waals surface area (Å²) in [6, 6.07) is 7.45. The third-order valence-corrected chi connectivity index (χ3v) is 4.92. The molecule has 1 fully saturated rings. The molecule has 2 amide bonds. The van der Waals surface area contributed by atoms with Gasteiger partial charge < -0.3 is 14.6 Å². The highest BCUT2D eigenvalue weighted by atomic mass is 79.9. The molecule has 0 radical (unpaired) electrons. The summed E-state index contributed by atoms with van der Waals surface area (Å²) in [6.07, 6.45) is 2.67. The van der Waals surface area contributed by atoms with Crippen LogP contribution in [0.2, 0.25) is 0 Å². The fourth-order valence-electron chi connectivity index (χ4n) is 2.85. The number of carbonyl (C=O) groups excluding carboxylic acids is 2. The summed E-state index contributed by atoms with van der Waals surface area (Å²) in [5.41, 5.74) is 0.0745. The van der Waals surface area contributed by atoms with Gasteiger partial charge in [0.15, 0.2) is 5.76 Å². The van der Waals surface area contributed by atoms with Crippen molar-refractivity contribution in [2.75, 3.05) is 13.1 Å². The van der Waals surface area contributed by atoms with Crippen LogP contribution in [0.4, 0.5) is 5.69 Å². The molecule has 2 aromatic rings. The summed E-state index contributed by atoms with van der Waals surface area (Å²) in [7, 11) is 0. The molecule has 3 rings (SSSR count). The minimum atomic E-state index is -0.542. The predicted molar refractivity (Wildman–Crippen MR) is 95.9 cm³/mol. The lowest BCUT2D eigenvalue weighted by Crippen LogP contribution is -2.46. The number of carbonyl (C=O) groups is 2. The van der Waals surface area contributed by atoms with Crippen molar-refractivity contribution in [3.05, 3.63) is 62.5 Å². The van der Waals surface area contributed by atoms with Crippen molar-refractivity contribution >= 4 is 33.4 Å². The molecule has 1 saturated heterocycles. The number of nitrogens with zero attached hydrogens (tertiary/aromatic N) is 2. The average molecular weight is 422 g/mol. The van der Waals surface area contributed by atoms with E-state index in [0.717, 1.165) is 0 Å². The van der Waals surface area contributed by atoms with Crippen molar-refractivity contribution in [3.8, 4) is 0 Å². The number of likely N-dealkylation sites (tertiary alicyclic amines) is 1. The first kappa shape index (κ1) is 18.1. The second-order valence-electron chi connectivity index (χ2n) is 5.94. The standard InChI is InChI=1S/C17H16BrN3O5/c18-13-4-3-11(10-14(13)21(24)25)16(22)19-12-5-7-20(8-6-12)17(23)15-2-1-9-26-15/h1-4,9-10,12H,5-8H2,(H,19,22). The third kappa shape index (κ3) is 3.93. The van der Waals surface area contributed by atoms with Gasteiger partial charge >= 0.3 is 0 Å². The molecule has 0 spiro atoms. The fraction of sp³-hybridized carbons (Fsp3) is 0.294. The molecule has 1 aliphatic rings. The lowest BCUT2D eigenvalue weighted by atomic mass is 10.0. The number of nitro groups is 1. The molecule has 9 heteroatoms. The van der Waals surface area contributed by atoms with Gasteiger partial charge in [-0.25, -0.2) is 0 Å². The van der Waals surface area contributed by atoms with Crippen molar-refractivity contribution in [2.24, 2.45) is 0 Å². The SMILES string of the molecule is O=C(NC1CCN(C(=O)c2ccco2)CC1)c1ccc(Br)c([N+](=O)[O-])c1. The number of piperidine rings is 1. The highest BCUT2D eigenvalue weighted by molar-refractivity contribution is 9.10. The number of furan rings is 1. The van der Waals surface area contributed by atoms with Gasteiger partial charge in [0.2, 0.25) is 0 Å². The molecular weight excluding hydrogens is 406 g/mol. The van der Waals surface area contributed by atoms with E-state index < -0.39 is 4.92 Å². The van der Waals surface area contributed by atoms with Crippen LogP contribution in [0.25, 0.3) is 0 Å². The summed E-state index contributed by atoms with van der Waals surface area (Å²) in [5, 5.41) is 13.9. The maximum absolute atomic E-state index is 12.4. The summed E-state index contributed by atoms with van der Waals surface area (Å²) >= 11 is 3.10. The van der Waals surface area contributed by atoms with Gasteiger partial charge in [0, 0.05) is 30.8 Å². The minimum absolute atomic E-state index is 0.0918. The zero-order valence-corrected chi connectivity index (χ0v) is 15.3. The van der Waals surface area contributed by atoms with Crippen molar-refractivity contribution in [3.63, 3.8) is 0 Å². The summed E-state index contributed by atoms with van der Waals surface area (Å²) in [4.78, 5) is 36.7. The van der Waals surface area contributed by atoms with Gasteiger partial charge in [0.05, 0.1) is 15.7 Å². The quantitative estimate of drug-likeness (QED) is 0.603. The highest BCUT2D eigenvalue weighted by Gasteiger charge is 2.26. The molecule has 0 saturated carbocycles. The predicted octanol–water partition coefficient (Wildman–Crippen LogP) is 2.98. The fourth-order valence-corrected chi connectivity index (χ4v) is 3.24. The molecule has 1 N–H and O–H groups in total. The Labute approximate surface area is 157 Å². The van der Waals surface area contributed by atoms with Crippen LogP contribution in [0.5, 0.6) is 0 Å². The van der Waals surface area contributed by atoms with Crippen LogP contribution in [0.1, 0.15) is 33.8 Å². The third-order valence-electron chi connectivity index (χ3n) is 4.25. The van der Waals surface area contributed by atoms with Crippen LogP contribution in [-0.4, -0.2) is 40.8 Å². The lowest BCUT2D eigenvalue weighted by molar-refractivity contribution is -0.385. The first-order valence-corrected chi connectivity index (χ1v) is 8.82. The number of halogens is 1. The second kappa shape index (κ2) is 7.69. The molecule has 2 heterocycles. The largest absolute Gasteiger partial charge is 0.459 e. The maximum atomic E-state index is 12.4. The van der Waals surface area contributed by atoms with Crippen molar-refractivity contribution < 1.29 is 18.9 Å². The van der Waals surface area contributed by atoms with Gasteiger partial charge in [-0.2, -0.15) is 0 Å². The molecule has 0 unspecified atom stereocenters. The Morgan fingerprint density at radius 1 is 1.27 bits per heavy atom. The van der Waals surface area contributed by atoms with Crippen LogP contribution in [0, 0.1) is 10.1 Å². The Morgan fingerprint density at radius 2 is 2.00 bits per heavy atom. The van der Waals surface area contributed by atoms with Crippen LogP contribution in [0.3, 0.4) is 0 Å². The smallest absolute Gasteiger partial charge is 0.289 e. The van der Waals surface area contributed by atoms with Crippen molar-refractivity contribution in [1.82, 2.24) is 10.2 Å². The maximum Gasteiger partial charge on any atom is 0.289 e. The molecule has 0 atom stereocenters. The van der Waals surface area contributed by atoms with Gasteiger partial charge in [-0.05, 0) is 53.0 Å². The van der Waals surface area contributed by atoms with Crippen LogP contribution in [0.15, 0.2) is 45.5 Å². The van der Waals surface area contributed by atoms with Gasteiger partial charge in [0.25, 0.3) is 17.5 Å². The molecule has 136 valence electrons. The van der Waals surface area contributed by atoms with E-state index in [1.165, 1.54) is 24.5 Å². The van der Waals surface area contributed by atoms with E-state index in [1.54, 1.807) is 17.0 Å². The minimum Gasteiger partial charge on any atom is -0.459 e. The molecule has 26 heavy (non-hydrogen) atoms. The average Bonchev–Trinajstić information content (AvgIpc) is 3.16. The van der Waals surface area contributed by atoms with E-state index in [0.29, 0.717) is 36.2 Å². The Kier molecular flexibility index (Phi) is 5.36. The zero-order valence-electron chi connectivity index (χ0n) is 13.7. The number of hydrogen-bond acceptors (Lipinski definition) is 5. The second-order valence-corrected chi connectivity index (χ2v) is 6.79. The van der Waals surface area contributed by atoms with E-state index in [2.05, 4.69) is 21.2 Å². The number of nitrogens with one attached hydrogen (secondary N) is 1. The number of nitro benzene ring substituents is 1. The summed E-state index contributed by atoms with van der Waals surface area (Å²) in [6.45, 7) is 1.01. The van der Waals surface area contributed by atoms with Crippen LogP contribution < -0.4 is 5.32 Å². The van der Waals surface area contributed by atoms with E-state index >= 15 is 0 Å². The van der Waals surface area contributed by atoms with Crippen molar-refractivity contribution in [2.45, 2.75) is 18.9 Å². The summed E-state index contributed by atoms with van der Waals surface area (Å²) in [5.74, 6) is -0.227. The van der Waals surface area contributed by atoms with Gasteiger partial charge in [-0.1, -0.05) is 0 Å². The van der Waals surface area contributed by atoms with E-state index in [-0.39, 0.29) is 29.1 Å². The van der Waals surface area contributed by atoms with Gasteiger partial charge in [-0.15, -0.1) is 0 Å². The summed E-state index contributed by atoms with van der Waals surface area (Å²) < 4.78 is 5.44. The first-order valence-electron chi connectivity index (χ1n) is 8.03. The molecule has 0 aliphatic carbocycles. The number of benzene rings is 1. The van der Waals surface area contributed by atoms with Crippen LogP contribution >= 0.6 is 15.9 Å². The van der Waals surface area contributed by atoms with Gasteiger partial charge in [0.1, 0.15) is 0 Å². The van der Waals surface area contributed by atoms with Crippen LogP contribution in [-0.2, 0) is 0 Å². The molecule has 1 aromatic carbocycles. The first-order chi connectivity index (χ1) is 12.5. The Hall–Kier alpha value is -2.68. The van der Waals surface area contributed by atoms with E-state index in [1.807, 2.05) is 0 Å². The lowest BCUT2D eigenvalue weighted by Gasteiger charge is -2.31. The topological polar surface area (TPSA) is 106 Å². The Balaban J connectivity index is 1.58. The molecule has 1 aromatic heterocycles. The molecule has 0 bridgehead atoms. The van der Waals surface area contributed by atoms with E-state index in [4.69, 9.17) is 4.42 Å². The normalized spacial score (nSPS) is 14.9. The molecule has 8 nitrogen and oxygen atoms in total. The number of rotatable bonds is 4. The molecular formula is C17H16BrN3O5. The highest BCUT2D eigenvalue weighted by Crippen LogP contribution is 2.25. The number of hydrogen-bond donors (Lipinski definition) is 1. The Bertz CT molecular complexity index is 829. The molecule has 1 aliphatic heterocycles. The Morgan fingerprint density at radius 3 is 2.62 bits per heavy atom. The zero-order chi connectivity index (χ0) is 18.7.